The van der Waals surface area contributed by atoms with Crippen molar-refractivity contribution in [3.05, 3.63) is 29.8 Å². The number of nitrogens with two attached hydrogens (primary N) is 1. The SMILES string of the molecule is CC(CCNC(=O)CNC(=O)c1ccc(N)cc1)C(=O)O. The van der Waals surface area contributed by atoms with E-state index in [1.54, 1.807) is 31.2 Å². The van der Waals surface area contributed by atoms with Crippen molar-refractivity contribution < 1.29 is 19.5 Å². The number of nitrogens with one attached hydrogen (secondary N) is 2. The van der Waals surface area contributed by atoms with E-state index in [1.807, 2.05) is 0 Å². The number of benzene rings is 1. The Balaban J connectivity index is 2.28. The number of amides is 2. The zero-order valence-corrected chi connectivity index (χ0v) is 11.8. The lowest BCUT2D eigenvalue weighted by Crippen LogP contribution is -2.37. The van der Waals surface area contributed by atoms with Crippen LogP contribution in [0, 0.1) is 5.92 Å². The first-order valence-corrected chi connectivity index (χ1v) is 6.53. The highest BCUT2D eigenvalue weighted by Crippen LogP contribution is 2.04. The maximum atomic E-state index is 11.7. The van der Waals surface area contributed by atoms with E-state index >= 15 is 0 Å². The van der Waals surface area contributed by atoms with Crippen molar-refractivity contribution in [3.8, 4) is 0 Å². The molecule has 0 aromatic heterocycles. The third-order valence-electron chi connectivity index (χ3n) is 2.90. The number of carboxylic acids is 1. The van der Waals surface area contributed by atoms with Crippen molar-refractivity contribution in [3.63, 3.8) is 0 Å². The first-order valence-electron chi connectivity index (χ1n) is 6.53. The molecule has 5 N–H and O–H groups in total. The van der Waals surface area contributed by atoms with E-state index in [9.17, 15) is 14.4 Å². The number of rotatable bonds is 7. The summed E-state index contributed by atoms with van der Waals surface area (Å²) in [5, 5.41) is 13.7. The van der Waals surface area contributed by atoms with Gasteiger partial charge in [-0.1, -0.05) is 6.92 Å². The molecule has 0 bridgehead atoms. The molecule has 1 aromatic carbocycles. The molecule has 0 radical (unpaired) electrons. The Bertz CT molecular complexity index is 513. The summed E-state index contributed by atoms with van der Waals surface area (Å²) in [6.07, 6.45) is 0.340. The van der Waals surface area contributed by atoms with E-state index in [1.165, 1.54) is 0 Å². The second-order valence-corrected chi connectivity index (χ2v) is 4.68. The number of carbonyl (C=O) groups excluding carboxylic acids is 2. The zero-order chi connectivity index (χ0) is 15.8. The average Bonchev–Trinajstić information content (AvgIpc) is 2.45. The molecule has 0 spiro atoms. The van der Waals surface area contributed by atoms with Gasteiger partial charge in [0.15, 0.2) is 0 Å². The Labute approximate surface area is 122 Å². The van der Waals surface area contributed by atoms with Crippen LogP contribution in [0.15, 0.2) is 24.3 Å². The number of aliphatic carboxylic acids is 1. The molecule has 0 saturated heterocycles. The highest BCUT2D eigenvalue weighted by molar-refractivity contribution is 5.96. The van der Waals surface area contributed by atoms with Crippen LogP contribution >= 0.6 is 0 Å². The van der Waals surface area contributed by atoms with Crippen molar-refractivity contribution >= 4 is 23.5 Å². The fourth-order valence-corrected chi connectivity index (χ4v) is 1.51. The fraction of sp³-hybridized carbons (Fsp3) is 0.357. The van der Waals surface area contributed by atoms with E-state index in [2.05, 4.69) is 10.6 Å². The van der Waals surface area contributed by atoms with Crippen molar-refractivity contribution in [1.82, 2.24) is 10.6 Å². The fourth-order valence-electron chi connectivity index (χ4n) is 1.51. The van der Waals surface area contributed by atoms with Crippen molar-refractivity contribution in [2.24, 2.45) is 5.92 Å². The molecule has 0 fully saturated rings. The minimum Gasteiger partial charge on any atom is -0.481 e. The van der Waals surface area contributed by atoms with E-state index in [0.717, 1.165) is 0 Å². The summed E-state index contributed by atoms with van der Waals surface area (Å²) >= 11 is 0. The van der Waals surface area contributed by atoms with Gasteiger partial charge in [-0.15, -0.1) is 0 Å². The molecule has 2 amide bonds. The molecular weight excluding hydrogens is 274 g/mol. The normalized spacial score (nSPS) is 11.5. The lowest BCUT2D eigenvalue weighted by molar-refractivity contribution is -0.141. The van der Waals surface area contributed by atoms with Crippen LogP contribution in [0.4, 0.5) is 5.69 Å². The van der Waals surface area contributed by atoms with Crippen molar-refractivity contribution in [2.75, 3.05) is 18.8 Å². The average molecular weight is 293 g/mol. The highest BCUT2D eigenvalue weighted by Gasteiger charge is 2.11. The number of hydrogen-bond acceptors (Lipinski definition) is 4. The predicted octanol–water partition coefficient (Wildman–Crippen LogP) is 0.226. The van der Waals surface area contributed by atoms with Gasteiger partial charge in [0, 0.05) is 17.8 Å². The summed E-state index contributed by atoms with van der Waals surface area (Å²) in [6, 6.07) is 6.33. The molecule has 0 aliphatic rings. The molecule has 0 aliphatic heterocycles. The molecule has 1 rings (SSSR count). The molecule has 7 nitrogen and oxygen atoms in total. The molecule has 1 unspecified atom stereocenters. The first-order chi connectivity index (χ1) is 9.90. The second kappa shape index (κ2) is 7.88. The molecular formula is C14H19N3O4. The summed E-state index contributed by atoms with van der Waals surface area (Å²) in [7, 11) is 0. The van der Waals surface area contributed by atoms with Crippen LogP contribution in [0.5, 0.6) is 0 Å². The standard InChI is InChI=1S/C14H19N3O4/c1-9(14(20)21)6-7-16-12(18)8-17-13(19)10-2-4-11(15)5-3-10/h2-5,9H,6-8,15H2,1H3,(H,16,18)(H,17,19)(H,20,21). The van der Waals surface area contributed by atoms with Gasteiger partial charge in [0.25, 0.3) is 5.91 Å². The lowest BCUT2D eigenvalue weighted by atomic mass is 10.1. The Morgan fingerprint density at radius 3 is 2.38 bits per heavy atom. The molecule has 21 heavy (non-hydrogen) atoms. The molecule has 0 aliphatic carbocycles. The minimum atomic E-state index is -0.902. The van der Waals surface area contributed by atoms with Crippen LogP contribution in [0.2, 0.25) is 0 Å². The van der Waals surface area contributed by atoms with Gasteiger partial charge in [0.2, 0.25) is 5.91 Å². The summed E-state index contributed by atoms with van der Waals surface area (Å²) in [6.45, 7) is 1.66. The Morgan fingerprint density at radius 2 is 1.81 bits per heavy atom. The van der Waals surface area contributed by atoms with Crippen LogP contribution in [-0.4, -0.2) is 36.0 Å². The number of nitrogen functional groups attached to an aromatic ring is 1. The van der Waals surface area contributed by atoms with Gasteiger partial charge in [-0.25, -0.2) is 0 Å². The lowest BCUT2D eigenvalue weighted by Gasteiger charge is -2.09. The molecule has 0 heterocycles. The van der Waals surface area contributed by atoms with Gasteiger partial charge in [0.1, 0.15) is 0 Å². The number of anilines is 1. The molecule has 114 valence electrons. The largest absolute Gasteiger partial charge is 0.481 e. The highest BCUT2D eigenvalue weighted by atomic mass is 16.4. The maximum Gasteiger partial charge on any atom is 0.306 e. The smallest absolute Gasteiger partial charge is 0.306 e. The second-order valence-electron chi connectivity index (χ2n) is 4.68. The van der Waals surface area contributed by atoms with Crippen LogP contribution in [0.25, 0.3) is 0 Å². The van der Waals surface area contributed by atoms with Crippen LogP contribution in [0.3, 0.4) is 0 Å². The van der Waals surface area contributed by atoms with Gasteiger partial charge >= 0.3 is 5.97 Å². The Kier molecular flexibility index (Phi) is 6.19. The predicted molar refractivity (Wildman–Crippen MR) is 77.6 cm³/mol. The van der Waals surface area contributed by atoms with E-state index in [0.29, 0.717) is 17.7 Å². The molecule has 7 heteroatoms. The quantitative estimate of drug-likeness (QED) is 0.536. The van der Waals surface area contributed by atoms with Crippen molar-refractivity contribution in [2.45, 2.75) is 13.3 Å². The monoisotopic (exact) mass is 293 g/mol. The number of carbonyl (C=O) groups is 3. The van der Waals surface area contributed by atoms with Crippen LogP contribution < -0.4 is 16.4 Å². The van der Waals surface area contributed by atoms with Crippen molar-refractivity contribution in [1.29, 1.82) is 0 Å². The molecule has 1 atom stereocenters. The summed E-state index contributed by atoms with van der Waals surface area (Å²) < 4.78 is 0. The van der Waals surface area contributed by atoms with E-state index < -0.39 is 11.9 Å². The third kappa shape index (κ3) is 5.94. The zero-order valence-electron chi connectivity index (χ0n) is 11.8. The summed E-state index contributed by atoms with van der Waals surface area (Å²) in [5.74, 6) is -2.16. The maximum absolute atomic E-state index is 11.7. The van der Waals surface area contributed by atoms with Gasteiger partial charge in [-0.3, -0.25) is 14.4 Å². The number of hydrogen-bond donors (Lipinski definition) is 4. The van der Waals surface area contributed by atoms with E-state index in [-0.39, 0.29) is 24.9 Å². The van der Waals surface area contributed by atoms with Gasteiger partial charge in [-0.05, 0) is 30.7 Å². The first kappa shape index (κ1) is 16.5. The van der Waals surface area contributed by atoms with E-state index in [4.69, 9.17) is 10.8 Å². The summed E-state index contributed by atoms with van der Waals surface area (Å²) in [4.78, 5) is 33.8. The Hall–Kier alpha value is -2.57. The summed E-state index contributed by atoms with van der Waals surface area (Å²) in [5.41, 5.74) is 6.48. The van der Waals surface area contributed by atoms with Gasteiger partial charge in [-0.2, -0.15) is 0 Å². The third-order valence-corrected chi connectivity index (χ3v) is 2.90. The molecule has 1 aromatic rings. The topological polar surface area (TPSA) is 122 Å². The minimum absolute atomic E-state index is 0.162. The van der Waals surface area contributed by atoms with Gasteiger partial charge in [0.05, 0.1) is 12.5 Å². The van der Waals surface area contributed by atoms with Crippen LogP contribution in [0.1, 0.15) is 23.7 Å². The van der Waals surface area contributed by atoms with Crippen LogP contribution in [-0.2, 0) is 9.59 Å². The molecule has 0 saturated carbocycles. The van der Waals surface area contributed by atoms with Gasteiger partial charge < -0.3 is 21.5 Å². The number of carboxylic acid groups (broad SMARTS) is 1. The Morgan fingerprint density at radius 1 is 1.19 bits per heavy atom.